The van der Waals surface area contributed by atoms with Crippen LogP contribution in [-0.2, 0) is 0 Å². The van der Waals surface area contributed by atoms with Gasteiger partial charge in [-0.2, -0.15) is 0 Å². The van der Waals surface area contributed by atoms with Gasteiger partial charge in [0, 0.05) is 14.4 Å². The highest BCUT2D eigenvalue weighted by atomic mass is 79.9. The molecule has 0 fully saturated rings. The third-order valence-electron chi connectivity index (χ3n) is 2.15. The summed E-state index contributed by atoms with van der Waals surface area (Å²) in [5.74, 6) is 0. The van der Waals surface area contributed by atoms with Crippen LogP contribution in [0.2, 0.25) is 5.02 Å². The van der Waals surface area contributed by atoms with Crippen LogP contribution in [0.3, 0.4) is 0 Å². The van der Waals surface area contributed by atoms with Crippen LogP contribution in [0.4, 0.5) is 0 Å². The molecule has 0 saturated heterocycles. The molecule has 2 rings (SSSR count). The second kappa shape index (κ2) is 4.66. The monoisotopic (exact) mass is 301 g/mol. The lowest BCUT2D eigenvalue weighted by atomic mass is 10.1. The van der Waals surface area contributed by atoms with Gasteiger partial charge < -0.3 is 5.73 Å². The van der Waals surface area contributed by atoms with E-state index in [1.807, 2.05) is 35.7 Å². The predicted molar refractivity (Wildman–Crippen MR) is 69.5 cm³/mol. The van der Waals surface area contributed by atoms with Gasteiger partial charge in [-0.05, 0) is 29.1 Å². The topological polar surface area (TPSA) is 26.0 Å². The average molecular weight is 303 g/mol. The van der Waals surface area contributed by atoms with Crippen molar-refractivity contribution in [3.05, 3.63) is 55.6 Å². The van der Waals surface area contributed by atoms with E-state index in [0.717, 1.165) is 14.9 Å². The number of nitrogens with two attached hydrogens (primary N) is 1. The summed E-state index contributed by atoms with van der Waals surface area (Å²) in [7, 11) is 0. The van der Waals surface area contributed by atoms with E-state index in [1.54, 1.807) is 11.3 Å². The molecule has 1 aromatic heterocycles. The van der Waals surface area contributed by atoms with E-state index in [0.29, 0.717) is 5.02 Å². The van der Waals surface area contributed by atoms with Gasteiger partial charge in [-0.15, -0.1) is 11.3 Å². The van der Waals surface area contributed by atoms with Crippen LogP contribution < -0.4 is 5.73 Å². The molecule has 1 nitrogen and oxygen atoms in total. The van der Waals surface area contributed by atoms with Gasteiger partial charge in [0.05, 0.1) is 6.04 Å². The van der Waals surface area contributed by atoms with Crippen molar-refractivity contribution in [1.29, 1.82) is 0 Å². The number of benzene rings is 1. The Morgan fingerprint density at radius 1 is 1.33 bits per heavy atom. The van der Waals surface area contributed by atoms with Crippen molar-refractivity contribution in [3.63, 3.8) is 0 Å². The largest absolute Gasteiger partial charge is 0.320 e. The maximum Gasteiger partial charge on any atom is 0.0657 e. The van der Waals surface area contributed by atoms with E-state index in [-0.39, 0.29) is 6.04 Å². The zero-order valence-electron chi connectivity index (χ0n) is 7.78. The summed E-state index contributed by atoms with van der Waals surface area (Å²) in [4.78, 5) is 1.15. The smallest absolute Gasteiger partial charge is 0.0657 e. The average Bonchev–Trinajstić information content (AvgIpc) is 2.69. The van der Waals surface area contributed by atoms with Crippen molar-refractivity contribution in [1.82, 2.24) is 0 Å². The molecule has 0 bridgehead atoms. The summed E-state index contributed by atoms with van der Waals surface area (Å²) in [6, 6.07) is 9.63. The summed E-state index contributed by atoms with van der Waals surface area (Å²) < 4.78 is 0.955. The lowest BCUT2D eigenvalue weighted by Gasteiger charge is -2.12. The first-order valence-corrected chi connectivity index (χ1v) is 6.47. The second-order valence-electron chi connectivity index (χ2n) is 3.16. The van der Waals surface area contributed by atoms with Gasteiger partial charge >= 0.3 is 0 Å². The van der Waals surface area contributed by atoms with E-state index >= 15 is 0 Å². The van der Waals surface area contributed by atoms with Gasteiger partial charge in [0.2, 0.25) is 0 Å². The van der Waals surface area contributed by atoms with Crippen LogP contribution >= 0.6 is 38.9 Å². The molecule has 4 heteroatoms. The Morgan fingerprint density at radius 2 is 2.13 bits per heavy atom. The minimum absolute atomic E-state index is 0.0864. The number of thiophene rings is 1. The predicted octanol–water partition coefficient (Wildman–Crippen LogP) is 4.21. The zero-order valence-corrected chi connectivity index (χ0v) is 10.9. The Morgan fingerprint density at radius 3 is 2.73 bits per heavy atom. The first-order valence-electron chi connectivity index (χ1n) is 4.42. The molecule has 1 atom stereocenters. The van der Waals surface area contributed by atoms with Crippen LogP contribution in [0.1, 0.15) is 16.5 Å². The van der Waals surface area contributed by atoms with Gasteiger partial charge in [0.15, 0.2) is 0 Å². The van der Waals surface area contributed by atoms with Gasteiger partial charge in [-0.1, -0.05) is 39.7 Å². The summed E-state index contributed by atoms with van der Waals surface area (Å²) >= 11 is 11.0. The van der Waals surface area contributed by atoms with Crippen LogP contribution in [0.15, 0.2) is 40.2 Å². The molecule has 2 N–H and O–H groups in total. The molecule has 1 heterocycles. The number of hydrogen-bond acceptors (Lipinski definition) is 2. The Hall–Kier alpha value is -0.350. The maximum atomic E-state index is 6.15. The zero-order chi connectivity index (χ0) is 10.8. The number of hydrogen-bond donors (Lipinski definition) is 1. The van der Waals surface area contributed by atoms with Crippen molar-refractivity contribution in [2.75, 3.05) is 0 Å². The standard InChI is InChI=1S/C11H9BrClNS/c12-9-6-7(13)3-4-8(9)11(14)10-2-1-5-15-10/h1-6,11H,14H2. The number of halogens is 2. The third kappa shape index (κ3) is 2.42. The minimum Gasteiger partial charge on any atom is -0.320 e. The molecule has 0 radical (unpaired) electrons. The molecule has 1 unspecified atom stereocenters. The van der Waals surface area contributed by atoms with E-state index in [1.165, 1.54) is 0 Å². The fraction of sp³-hybridized carbons (Fsp3) is 0.0909. The molecule has 1 aromatic carbocycles. The Balaban J connectivity index is 2.38. The highest BCUT2D eigenvalue weighted by molar-refractivity contribution is 9.10. The van der Waals surface area contributed by atoms with Crippen molar-refractivity contribution >= 4 is 38.9 Å². The molecule has 15 heavy (non-hydrogen) atoms. The summed E-state index contributed by atoms with van der Waals surface area (Å²) in [5.41, 5.74) is 7.21. The van der Waals surface area contributed by atoms with Gasteiger partial charge in [-0.25, -0.2) is 0 Å². The van der Waals surface area contributed by atoms with E-state index in [4.69, 9.17) is 17.3 Å². The molecule has 0 aliphatic rings. The maximum absolute atomic E-state index is 6.15. The lowest BCUT2D eigenvalue weighted by molar-refractivity contribution is 0.887. The Bertz CT molecular complexity index is 456. The van der Waals surface area contributed by atoms with Gasteiger partial charge in [-0.3, -0.25) is 0 Å². The normalized spacial score (nSPS) is 12.7. The van der Waals surface area contributed by atoms with Crippen LogP contribution in [0.25, 0.3) is 0 Å². The SMILES string of the molecule is NC(c1cccs1)c1ccc(Cl)cc1Br. The van der Waals surface area contributed by atoms with Crippen molar-refractivity contribution < 1.29 is 0 Å². The second-order valence-corrected chi connectivity index (χ2v) is 5.43. The van der Waals surface area contributed by atoms with Gasteiger partial charge in [0.25, 0.3) is 0 Å². The third-order valence-corrected chi connectivity index (χ3v) is 4.02. The summed E-state index contributed by atoms with van der Waals surface area (Å²) in [5, 5.41) is 2.74. The molecule has 0 saturated carbocycles. The summed E-state index contributed by atoms with van der Waals surface area (Å²) in [6.45, 7) is 0. The fourth-order valence-corrected chi connectivity index (χ4v) is 3.05. The fourth-order valence-electron chi connectivity index (χ4n) is 1.38. The Kier molecular flexibility index (Phi) is 3.46. The van der Waals surface area contributed by atoms with E-state index < -0.39 is 0 Å². The van der Waals surface area contributed by atoms with Crippen molar-refractivity contribution in [3.8, 4) is 0 Å². The minimum atomic E-state index is -0.0864. The quantitative estimate of drug-likeness (QED) is 0.883. The lowest BCUT2D eigenvalue weighted by Crippen LogP contribution is -2.10. The molecule has 0 aliphatic carbocycles. The molecular formula is C11H9BrClNS. The van der Waals surface area contributed by atoms with Crippen LogP contribution in [0, 0.1) is 0 Å². The van der Waals surface area contributed by atoms with E-state index in [2.05, 4.69) is 15.9 Å². The van der Waals surface area contributed by atoms with Gasteiger partial charge in [0.1, 0.15) is 0 Å². The first kappa shape index (κ1) is 11.1. The highest BCUT2D eigenvalue weighted by Gasteiger charge is 2.12. The molecule has 0 spiro atoms. The molecule has 2 aromatic rings. The van der Waals surface area contributed by atoms with Crippen molar-refractivity contribution in [2.24, 2.45) is 5.73 Å². The highest BCUT2D eigenvalue weighted by Crippen LogP contribution is 2.30. The molecule has 0 aliphatic heterocycles. The molecule has 78 valence electrons. The van der Waals surface area contributed by atoms with Crippen LogP contribution in [0.5, 0.6) is 0 Å². The van der Waals surface area contributed by atoms with E-state index in [9.17, 15) is 0 Å². The Labute approximate surface area is 106 Å². The first-order chi connectivity index (χ1) is 7.18. The van der Waals surface area contributed by atoms with Crippen LogP contribution in [-0.4, -0.2) is 0 Å². The van der Waals surface area contributed by atoms with Crippen molar-refractivity contribution in [2.45, 2.75) is 6.04 Å². The summed E-state index contributed by atoms with van der Waals surface area (Å²) in [6.07, 6.45) is 0. The number of rotatable bonds is 2. The molecular weight excluding hydrogens is 294 g/mol. The molecule has 0 amide bonds.